The number of carbonyl (C=O) groups is 3. The SMILES string of the molecule is CCOC(=O)C[C@@H](C)[C@H](NC(=O)c1cccnc1)C(N)=O. The minimum atomic E-state index is -0.956. The Morgan fingerprint density at radius 3 is 2.67 bits per heavy atom. The number of primary amides is 1. The molecule has 1 aromatic rings. The van der Waals surface area contributed by atoms with Gasteiger partial charge in [-0.15, -0.1) is 0 Å². The molecule has 1 heterocycles. The third kappa shape index (κ3) is 5.21. The van der Waals surface area contributed by atoms with Crippen LogP contribution in [0.2, 0.25) is 0 Å². The Morgan fingerprint density at radius 2 is 2.14 bits per heavy atom. The lowest BCUT2D eigenvalue weighted by Crippen LogP contribution is -2.49. The highest BCUT2D eigenvalue weighted by Gasteiger charge is 2.27. The van der Waals surface area contributed by atoms with Crippen molar-refractivity contribution >= 4 is 17.8 Å². The molecule has 7 heteroatoms. The summed E-state index contributed by atoms with van der Waals surface area (Å²) >= 11 is 0. The quantitative estimate of drug-likeness (QED) is 0.700. The first kappa shape index (κ1) is 16.6. The summed E-state index contributed by atoms with van der Waals surface area (Å²) < 4.78 is 4.82. The number of nitrogens with two attached hydrogens (primary N) is 1. The number of nitrogens with zero attached hydrogens (tertiary/aromatic N) is 1. The number of aromatic nitrogens is 1. The molecule has 0 aliphatic heterocycles. The van der Waals surface area contributed by atoms with E-state index >= 15 is 0 Å². The molecule has 2 amide bonds. The molecule has 0 bridgehead atoms. The van der Waals surface area contributed by atoms with Crippen LogP contribution in [0.4, 0.5) is 0 Å². The van der Waals surface area contributed by atoms with Crippen molar-refractivity contribution in [1.29, 1.82) is 0 Å². The molecule has 21 heavy (non-hydrogen) atoms. The fourth-order valence-corrected chi connectivity index (χ4v) is 1.82. The van der Waals surface area contributed by atoms with E-state index < -0.39 is 29.7 Å². The second-order valence-electron chi connectivity index (χ2n) is 4.58. The fourth-order valence-electron chi connectivity index (χ4n) is 1.82. The molecule has 0 unspecified atom stereocenters. The zero-order valence-electron chi connectivity index (χ0n) is 12.0. The maximum absolute atomic E-state index is 12.0. The highest BCUT2D eigenvalue weighted by Crippen LogP contribution is 2.10. The van der Waals surface area contributed by atoms with Crippen molar-refractivity contribution in [1.82, 2.24) is 10.3 Å². The maximum Gasteiger partial charge on any atom is 0.306 e. The van der Waals surface area contributed by atoms with Crippen LogP contribution in [0.3, 0.4) is 0 Å². The van der Waals surface area contributed by atoms with E-state index in [2.05, 4.69) is 10.3 Å². The molecule has 1 aromatic heterocycles. The highest BCUT2D eigenvalue weighted by molar-refractivity contribution is 5.97. The van der Waals surface area contributed by atoms with E-state index in [-0.39, 0.29) is 13.0 Å². The molecular formula is C14H19N3O4. The van der Waals surface area contributed by atoms with Crippen molar-refractivity contribution in [2.24, 2.45) is 11.7 Å². The summed E-state index contributed by atoms with van der Waals surface area (Å²) in [6.07, 6.45) is 2.91. The van der Waals surface area contributed by atoms with E-state index in [1.54, 1.807) is 26.0 Å². The Hall–Kier alpha value is -2.44. The number of hydrogen-bond donors (Lipinski definition) is 2. The minimum Gasteiger partial charge on any atom is -0.466 e. The molecular weight excluding hydrogens is 274 g/mol. The molecule has 0 fully saturated rings. The predicted molar refractivity (Wildman–Crippen MR) is 75.1 cm³/mol. The number of rotatable bonds is 7. The van der Waals surface area contributed by atoms with Crippen molar-refractivity contribution in [2.45, 2.75) is 26.3 Å². The molecule has 3 N–H and O–H groups in total. The molecule has 0 radical (unpaired) electrons. The third-order valence-electron chi connectivity index (χ3n) is 2.88. The zero-order valence-corrected chi connectivity index (χ0v) is 12.0. The van der Waals surface area contributed by atoms with Crippen LogP contribution in [-0.4, -0.2) is 35.4 Å². The predicted octanol–water partition coefficient (Wildman–Crippen LogP) is 0.255. The third-order valence-corrected chi connectivity index (χ3v) is 2.88. The summed E-state index contributed by atoms with van der Waals surface area (Å²) in [5.74, 6) is -2.08. The molecule has 0 aromatic carbocycles. The van der Waals surface area contributed by atoms with Gasteiger partial charge in [0.25, 0.3) is 5.91 Å². The van der Waals surface area contributed by atoms with Crippen LogP contribution in [0.15, 0.2) is 24.5 Å². The van der Waals surface area contributed by atoms with Gasteiger partial charge in [-0.25, -0.2) is 0 Å². The number of nitrogens with one attached hydrogen (secondary N) is 1. The molecule has 2 atom stereocenters. The molecule has 114 valence electrons. The van der Waals surface area contributed by atoms with Gasteiger partial charge in [0.1, 0.15) is 6.04 Å². The van der Waals surface area contributed by atoms with Gasteiger partial charge in [0.15, 0.2) is 0 Å². The first-order valence-electron chi connectivity index (χ1n) is 6.61. The number of amides is 2. The Balaban J connectivity index is 2.71. The average molecular weight is 293 g/mol. The topological polar surface area (TPSA) is 111 Å². The van der Waals surface area contributed by atoms with Crippen LogP contribution in [0, 0.1) is 5.92 Å². The highest BCUT2D eigenvalue weighted by atomic mass is 16.5. The molecule has 0 aliphatic rings. The largest absolute Gasteiger partial charge is 0.466 e. The van der Waals surface area contributed by atoms with Crippen LogP contribution in [0.1, 0.15) is 30.6 Å². The lowest BCUT2D eigenvalue weighted by molar-refractivity contribution is -0.144. The van der Waals surface area contributed by atoms with Gasteiger partial charge in [-0.1, -0.05) is 6.92 Å². The van der Waals surface area contributed by atoms with Crippen molar-refractivity contribution in [3.05, 3.63) is 30.1 Å². The van der Waals surface area contributed by atoms with Gasteiger partial charge >= 0.3 is 5.97 Å². The summed E-state index contributed by atoms with van der Waals surface area (Å²) in [6.45, 7) is 3.60. The second-order valence-corrected chi connectivity index (χ2v) is 4.58. The summed E-state index contributed by atoms with van der Waals surface area (Å²) in [7, 11) is 0. The molecule has 0 saturated carbocycles. The Labute approximate surface area is 122 Å². The monoisotopic (exact) mass is 293 g/mol. The van der Waals surface area contributed by atoms with Crippen molar-refractivity contribution in [3.63, 3.8) is 0 Å². The Bertz CT molecular complexity index is 504. The van der Waals surface area contributed by atoms with Gasteiger partial charge in [-0.05, 0) is 25.0 Å². The fraction of sp³-hybridized carbons (Fsp3) is 0.429. The van der Waals surface area contributed by atoms with E-state index in [1.165, 1.54) is 12.4 Å². The standard InChI is InChI=1S/C14H19N3O4/c1-3-21-11(18)7-9(2)12(13(15)19)17-14(20)10-5-4-6-16-8-10/h4-6,8-9,12H,3,7H2,1-2H3,(H2,15,19)(H,17,20)/t9-,12+/m1/s1. The number of esters is 1. The van der Waals surface area contributed by atoms with Gasteiger partial charge in [-0.2, -0.15) is 0 Å². The number of pyridine rings is 1. The number of ether oxygens (including phenoxy) is 1. The van der Waals surface area contributed by atoms with Gasteiger partial charge in [0, 0.05) is 12.4 Å². The van der Waals surface area contributed by atoms with Crippen LogP contribution in [0.5, 0.6) is 0 Å². The summed E-state index contributed by atoms with van der Waals surface area (Å²) in [4.78, 5) is 38.8. The second kappa shape index (κ2) is 7.98. The van der Waals surface area contributed by atoms with E-state index in [1.807, 2.05) is 0 Å². The van der Waals surface area contributed by atoms with Crippen molar-refractivity contribution in [2.75, 3.05) is 6.61 Å². The Kier molecular flexibility index (Phi) is 6.32. The van der Waals surface area contributed by atoms with Gasteiger partial charge in [-0.3, -0.25) is 19.4 Å². The van der Waals surface area contributed by atoms with Crippen molar-refractivity contribution in [3.8, 4) is 0 Å². The smallest absolute Gasteiger partial charge is 0.306 e. The van der Waals surface area contributed by atoms with Gasteiger partial charge in [0.05, 0.1) is 18.6 Å². The van der Waals surface area contributed by atoms with E-state index in [0.717, 1.165) is 0 Å². The van der Waals surface area contributed by atoms with E-state index in [0.29, 0.717) is 5.56 Å². The summed E-state index contributed by atoms with van der Waals surface area (Å²) in [5.41, 5.74) is 5.60. The summed E-state index contributed by atoms with van der Waals surface area (Å²) in [6, 6.07) is 2.22. The van der Waals surface area contributed by atoms with Crippen LogP contribution >= 0.6 is 0 Å². The average Bonchev–Trinajstić information content (AvgIpc) is 2.45. The van der Waals surface area contributed by atoms with Crippen molar-refractivity contribution < 1.29 is 19.1 Å². The Morgan fingerprint density at radius 1 is 1.43 bits per heavy atom. The maximum atomic E-state index is 12.0. The molecule has 0 saturated heterocycles. The molecule has 1 rings (SSSR count). The number of hydrogen-bond acceptors (Lipinski definition) is 5. The molecule has 0 spiro atoms. The normalized spacial score (nSPS) is 13.0. The van der Waals surface area contributed by atoms with Gasteiger partial charge in [0.2, 0.25) is 5.91 Å². The first-order chi connectivity index (χ1) is 9.95. The molecule has 0 aliphatic carbocycles. The lowest BCUT2D eigenvalue weighted by Gasteiger charge is -2.21. The first-order valence-corrected chi connectivity index (χ1v) is 6.61. The lowest BCUT2D eigenvalue weighted by atomic mass is 9.97. The van der Waals surface area contributed by atoms with Crippen LogP contribution < -0.4 is 11.1 Å². The van der Waals surface area contributed by atoms with Crippen LogP contribution in [-0.2, 0) is 14.3 Å². The van der Waals surface area contributed by atoms with Gasteiger partial charge < -0.3 is 15.8 Å². The summed E-state index contributed by atoms with van der Waals surface area (Å²) in [5, 5.41) is 2.52. The van der Waals surface area contributed by atoms with E-state index in [9.17, 15) is 14.4 Å². The van der Waals surface area contributed by atoms with Crippen LogP contribution in [0.25, 0.3) is 0 Å². The zero-order chi connectivity index (χ0) is 15.8. The minimum absolute atomic E-state index is 0.00519. The van der Waals surface area contributed by atoms with E-state index in [4.69, 9.17) is 10.5 Å². The molecule has 7 nitrogen and oxygen atoms in total. The number of carbonyl (C=O) groups excluding carboxylic acids is 3.